The van der Waals surface area contributed by atoms with Gasteiger partial charge in [-0.1, -0.05) is 36.4 Å². The second-order valence-corrected chi connectivity index (χ2v) is 9.44. The van der Waals surface area contributed by atoms with Gasteiger partial charge in [0.05, 0.1) is 10.6 Å². The quantitative estimate of drug-likeness (QED) is 0.731. The Bertz CT molecular complexity index is 753. The Morgan fingerprint density at radius 3 is 2.52 bits per heavy atom. The molecule has 1 heterocycles. The molecular weight excluding hydrogens is 346 g/mol. The molecule has 0 bridgehead atoms. The fourth-order valence-corrected chi connectivity index (χ4v) is 6.64. The van der Waals surface area contributed by atoms with E-state index in [0.717, 1.165) is 18.4 Å². The van der Waals surface area contributed by atoms with Crippen molar-refractivity contribution in [1.82, 2.24) is 4.90 Å². The molecular formula is C21H23NOS2. The summed E-state index contributed by atoms with van der Waals surface area (Å²) in [7, 11) is 1.94. The van der Waals surface area contributed by atoms with Gasteiger partial charge in [-0.2, -0.15) is 0 Å². The van der Waals surface area contributed by atoms with Crippen LogP contribution in [0.15, 0.2) is 48.5 Å². The van der Waals surface area contributed by atoms with Crippen molar-refractivity contribution < 1.29 is 4.79 Å². The topological polar surface area (TPSA) is 20.3 Å². The molecule has 1 unspecified atom stereocenters. The predicted octanol–water partition coefficient (Wildman–Crippen LogP) is 5.31. The number of benzene rings is 2. The Morgan fingerprint density at radius 2 is 1.76 bits per heavy atom. The molecule has 25 heavy (non-hydrogen) atoms. The molecule has 1 saturated heterocycles. The standard InChI is InChI=1S/C21H23NOS2/c1-22(19-12-11-15-5-2-3-6-18(15)19)20(23)16-7-9-17(10-8-16)21-24-13-4-14-25-21/h2-3,5-10,19,21H,4,11-14H2,1H3. The molecule has 0 spiro atoms. The number of aryl methyl sites for hydroxylation is 1. The van der Waals surface area contributed by atoms with Crippen LogP contribution in [0.5, 0.6) is 0 Å². The molecule has 0 aromatic heterocycles. The van der Waals surface area contributed by atoms with Crippen molar-refractivity contribution in [3.8, 4) is 0 Å². The van der Waals surface area contributed by atoms with Gasteiger partial charge in [-0.05, 0) is 59.6 Å². The summed E-state index contributed by atoms with van der Waals surface area (Å²) in [6.07, 6.45) is 3.39. The van der Waals surface area contributed by atoms with E-state index in [1.807, 2.05) is 47.6 Å². The van der Waals surface area contributed by atoms with Crippen molar-refractivity contribution in [2.75, 3.05) is 18.6 Å². The Labute approximate surface area is 158 Å². The molecule has 1 aliphatic carbocycles. The Morgan fingerprint density at radius 1 is 1.04 bits per heavy atom. The Hall–Kier alpha value is -1.39. The van der Waals surface area contributed by atoms with Gasteiger partial charge in [0.1, 0.15) is 0 Å². The van der Waals surface area contributed by atoms with Gasteiger partial charge in [0, 0.05) is 12.6 Å². The van der Waals surface area contributed by atoms with E-state index in [-0.39, 0.29) is 11.9 Å². The zero-order valence-corrected chi connectivity index (χ0v) is 16.1. The summed E-state index contributed by atoms with van der Waals surface area (Å²) in [4.78, 5) is 14.9. The number of nitrogens with zero attached hydrogens (tertiary/aromatic N) is 1. The molecule has 0 N–H and O–H groups in total. The maximum absolute atomic E-state index is 12.9. The molecule has 1 amide bonds. The fourth-order valence-electron chi connectivity index (χ4n) is 3.75. The maximum Gasteiger partial charge on any atom is 0.254 e. The average molecular weight is 370 g/mol. The second-order valence-electron chi connectivity index (χ2n) is 6.72. The zero-order valence-electron chi connectivity index (χ0n) is 14.5. The van der Waals surface area contributed by atoms with Gasteiger partial charge >= 0.3 is 0 Å². The van der Waals surface area contributed by atoms with Crippen LogP contribution in [-0.4, -0.2) is 29.4 Å². The summed E-state index contributed by atoms with van der Waals surface area (Å²) in [5, 5.41) is 0. The Kier molecular flexibility index (Phi) is 5.09. The molecule has 2 aromatic rings. The highest BCUT2D eigenvalue weighted by Crippen LogP contribution is 2.43. The van der Waals surface area contributed by atoms with E-state index < -0.39 is 0 Å². The first-order valence-corrected chi connectivity index (χ1v) is 11.0. The van der Waals surface area contributed by atoms with Crippen molar-refractivity contribution in [3.63, 3.8) is 0 Å². The third-order valence-electron chi connectivity index (χ3n) is 5.15. The normalized spacial score (nSPS) is 20.3. The summed E-state index contributed by atoms with van der Waals surface area (Å²) >= 11 is 4.03. The number of rotatable bonds is 3. The molecule has 1 fully saturated rings. The largest absolute Gasteiger partial charge is 0.335 e. The van der Waals surface area contributed by atoms with Gasteiger partial charge in [-0.15, -0.1) is 23.5 Å². The van der Waals surface area contributed by atoms with E-state index in [4.69, 9.17) is 0 Å². The third kappa shape index (κ3) is 3.47. The number of hydrogen-bond acceptors (Lipinski definition) is 3. The predicted molar refractivity (Wildman–Crippen MR) is 108 cm³/mol. The molecule has 4 rings (SSSR count). The number of hydrogen-bond donors (Lipinski definition) is 0. The lowest BCUT2D eigenvalue weighted by Crippen LogP contribution is -2.30. The molecule has 4 heteroatoms. The highest BCUT2D eigenvalue weighted by molar-refractivity contribution is 8.16. The number of amides is 1. The van der Waals surface area contributed by atoms with Crippen LogP contribution >= 0.6 is 23.5 Å². The van der Waals surface area contributed by atoms with Crippen molar-refractivity contribution in [2.24, 2.45) is 0 Å². The first-order valence-electron chi connectivity index (χ1n) is 8.92. The molecule has 2 aromatic carbocycles. The van der Waals surface area contributed by atoms with Crippen LogP contribution in [-0.2, 0) is 6.42 Å². The van der Waals surface area contributed by atoms with E-state index >= 15 is 0 Å². The zero-order chi connectivity index (χ0) is 17.2. The van der Waals surface area contributed by atoms with Crippen molar-refractivity contribution in [1.29, 1.82) is 0 Å². The summed E-state index contributed by atoms with van der Waals surface area (Å²) in [6.45, 7) is 0. The lowest BCUT2D eigenvalue weighted by Gasteiger charge is -2.26. The third-order valence-corrected chi connectivity index (χ3v) is 8.16. The molecule has 1 atom stereocenters. The van der Waals surface area contributed by atoms with Crippen LogP contribution < -0.4 is 0 Å². The summed E-state index contributed by atoms with van der Waals surface area (Å²) < 4.78 is 0.525. The van der Waals surface area contributed by atoms with Gasteiger partial charge < -0.3 is 4.90 Å². The van der Waals surface area contributed by atoms with Gasteiger partial charge in [0.2, 0.25) is 0 Å². The number of thioether (sulfide) groups is 2. The minimum atomic E-state index is 0.122. The van der Waals surface area contributed by atoms with E-state index in [2.05, 4.69) is 36.4 Å². The minimum Gasteiger partial charge on any atom is -0.335 e. The van der Waals surface area contributed by atoms with Crippen LogP contribution in [0.3, 0.4) is 0 Å². The van der Waals surface area contributed by atoms with Gasteiger partial charge in [0.25, 0.3) is 5.91 Å². The average Bonchev–Trinajstić information content (AvgIpc) is 3.12. The number of carbonyl (C=O) groups is 1. The summed E-state index contributed by atoms with van der Waals surface area (Å²) in [6, 6.07) is 17.0. The first-order chi connectivity index (χ1) is 12.2. The van der Waals surface area contributed by atoms with E-state index in [9.17, 15) is 4.79 Å². The van der Waals surface area contributed by atoms with Crippen LogP contribution in [0.2, 0.25) is 0 Å². The second kappa shape index (κ2) is 7.46. The van der Waals surface area contributed by atoms with Crippen molar-refractivity contribution in [3.05, 3.63) is 70.8 Å². The molecule has 1 aliphatic heterocycles. The summed E-state index contributed by atoms with van der Waals surface area (Å²) in [5.41, 5.74) is 4.82. The fraction of sp³-hybridized carbons (Fsp3) is 0.381. The van der Waals surface area contributed by atoms with E-state index in [1.165, 1.54) is 34.6 Å². The minimum absolute atomic E-state index is 0.122. The number of fused-ring (bicyclic) bond motifs is 1. The highest BCUT2D eigenvalue weighted by atomic mass is 32.2. The monoisotopic (exact) mass is 369 g/mol. The first kappa shape index (κ1) is 17.0. The smallest absolute Gasteiger partial charge is 0.254 e. The SMILES string of the molecule is CN(C(=O)c1ccc(C2SCCCS2)cc1)C1CCc2ccccc21. The molecule has 130 valence electrons. The lowest BCUT2D eigenvalue weighted by molar-refractivity contribution is 0.0730. The van der Waals surface area contributed by atoms with Crippen LogP contribution in [0.25, 0.3) is 0 Å². The maximum atomic E-state index is 12.9. The van der Waals surface area contributed by atoms with Crippen LogP contribution in [0.4, 0.5) is 0 Å². The van der Waals surface area contributed by atoms with Crippen molar-refractivity contribution in [2.45, 2.75) is 29.9 Å². The molecule has 2 aliphatic rings. The molecule has 0 radical (unpaired) electrons. The molecule has 0 saturated carbocycles. The number of carbonyl (C=O) groups excluding carboxylic acids is 1. The van der Waals surface area contributed by atoms with Gasteiger partial charge in [-0.3, -0.25) is 4.79 Å². The van der Waals surface area contributed by atoms with Gasteiger partial charge in [0.15, 0.2) is 0 Å². The highest BCUT2D eigenvalue weighted by Gasteiger charge is 2.29. The summed E-state index contributed by atoms with van der Waals surface area (Å²) in [5.74, 6) is 2.60. The lowest BCUT2D eigenvalue weighted by atomic mass is 10.1. The van der Waals surface area contributed by atoms with Crippen LogP contribution in [0.1, 0.15) is 50.5 Å². The van der Waals surface area contributed by atoms with Gasteiger partial charge in [-0.25, -0.2) is 0 Å². The van der Waals surface area contributed by atoms with Crippen molar-refractivity contribution >= 4 is 29.4 Å². The van der Waals surface area contributed by atoms with Crippen LogP contribution in [0, 0.1) is 0 Å². The Balaban J connectivity index is 1.49. The molecule has 2 nitrogen and oxygen atoms in total. The van der Waals surface area contributed by atoms with E-state index in [0.29, 0.717) is 4.58 Å². The van der Waals surface area contributed by atoms with E-state index in [1.54, 1.807) is 0 Å².